The highest BCUT2D eigenvalue weighted by atomic mass is 32.1. The van der Waals surface area contributed by atoms with Gasteiger partial charge in [-0.3, -0.25) is 0 Å². The minimum absolute atomic E-state index is 0.211. The monoisotopic (exact) mass is 334 g/mol. The highest BCUT2D eigenvalue weighted by Gasteiger charge is 2.25. The van der Waals surface area contributed by atoms with Crippen LogP contribution in [-0.4, -0.2) is 35.3 Å². The molecule has 1 heterocycles. The molecule has 0 aromatic heterocycles. The summed E-state index contributed by atoms with van der Waals surface area (Å²) in [4.78, 5) is 2.23. The molecule has 4 heteroatoms. The molecule has 0 bridgehead atoms. The highest BCUT2D eigenvalue weighted by molar-refractivity contribution is 7.80. The fourth-order valence-corrected chi connectivity index (χ4v) is 3.48. The van der Waals surface area contributed by atoms with E-state index in [0.717, 1.165) is 18.2 Å². The van der Waals surface area contributed by atoms with Crippen LogP contribution >= 0.6 is 12.2 Å². The van der Waals surface area contributed by atoms with Crippen LogP contribution in [-0.2, 0) is 4.74 Å². The van der Waals surface area contributed by atoms with E-state index in [-0.39, 0.29) is 12.2 Å². The third-order valence-electron chi connectivity index (χ3n) is 4.31. The normalized spacial score (nSPS) is 21.8. The molecule has 2 atom stereocenters. The number of hydrogen-bond donors (Lipinski definition) is 1. The van der Waals surface area contributed by atoms with Crippen molar-refractivity contribution in [2.24, 2.45) is 0 Å². The van der Waals surface area contributed by atoms with Crippen LogP contribution in [0.1, 0.15) is 64.5 Å². The van der Waals surface area contributed by atoms with E-state index in [9.17, 15) is 0 Å². The second kappa shape index (κ2) is 7.63. The average Bonchev–Trinajstić information content (AvgIpc) is 2.45. The highest BCUT2D eigenvalue weighted by Crippen LogP contribution is 2.32. The van der Waals surface area contributed by atoms with Crippen LogP contribution in [0.3, 0.4) is 0 Å². The zero-order chi connectivity index (χ0) is 17.1. The zero-order valence-corrected chi connectivity index (χ0v) is 16.0. The van der Waals surface area contributed by atoms with Gasteiger partial charge in [-0.15, -0.1) is 0 Å². The molecular weight excluding hydrogens is 304 g/mol. The topological polar surface area (TPSA) is 24.5 Å². The van der Waals surface area contributed by atoms with Gasteiger partial charge in [0.15, 0.2) is 5.11 Å². The fourth-order valence-electron chi connectivity index (χ4n) is 3.23. The summed E-state index contributed by atoms with van der Waals surface area (Å²) in [7, 11) is 0. The molecule has 1 aromatic rings. The second-order valence-corrected chi connectivity index (χ2v) is 7.60. The summed E-state index contributed by atoms with van der Waals surface area (Å²) >= 11 is 5.71. The molecule has 2 unspecified atom stereocenters. The van der Waals surface area contributed by atoms with Crippen molar-refractivity contribution in [1.82, 2.24) is 4.90 Å². The maximum Gasteiger partial charge on any atom is 0.173 e. The van der Waals surface area contributed by atoms with Gasteiger partial charge in [0.05, 0.1) is 12.2 Å². The summed E-state index contributed by atoms with van der Waals surface area (Å²) in [5.41, 5.74) is 3.84. The third kappa shape index (κ3) is 4.45. The number of hydrogen-bond acceptors (Lipinski definition) is 2. The minimum Gasteiger partial charge on any atom is -0.372 e. The van der Waals surface area contributed by atoms with E-state index in [1.165, 1.54) is 16.8 Å². The Balaban J connectivity index is 2.26. The van der Waals surface area contributed by atoms with Gasteiger partial charge in [0.2, 0.25) is 0 Å². The fraction of sp³-hybridized carbons (Fsp3) is 0.632. The summed E-state index contributed by atoms with van der Waals surface area (Å²) in [6.45, 7) is 14.8. The lowest BCUT2D eigenvalue weighted by Crippen LogP contribution is -2.49. The maximum atomic E-state index is 5.81. The van der Waals surface area contributed by atoms with Gasteiger partial charge in [0.25, 0.3) is 0 Å². The molecule has 1 N–H and O–H groups in total. The Morgan fingerprint density at radius 3 is 2.00 bits per heavy atom. The van der Waals surface area contributed by atoms with Gasteiger partial charge in [0.1, 0.15) is 0 Å². The molecule has 0 aliphatic carbocycles. The maximum absolute atomic E-state index is 5.81. The summed E-state index contributed by atoms with van der Waals surface area (Å²) in [5.74, 6) is 0.920. The molecule has 1 saturated heterocycles. The molecule has 1 aliphatic rings. The first-order valence-corrected chi connectivity index (χ1v) is 9.04. The molecule has 3 nitrogen and oxygen atoms in total. The SMILES string of the molecule is CC1CN(C(=S)Nc2c(C(C)C)cccc2C(C)C)CC(C)O1. The standard InChI is InChI=1S/C19H30N2OS/c1-12(2)16-8-7-9-17(13(3)4)18(16)20-19(23)21-10-14(5)22-15(6)11-21/h7-9,12-15H,10-11H2,1-6H3,(H,20,23). The van der Waals surface area contributed by atoms with E-state index in [0.29, 0.717) is 11.8 Å². The number of ether oxygens (including phenoxy) is 1. The molecule has 0 amide bonds. The number of para-hydroxylation sites is 1. The predicted octanol–water partition coefficient (Wildman–Crippen LogP) is 4.74. The van der Waals surface area contributed by atoms with Crippen LogP contribution < -0.4 is 5.32 Å². The van der Waals surface area contributed by atoms with Crippen molar-refractivity contribution in [2.45, 2.75) is 65.6 Å². The summed E-state index contributed by atoms with van der Waals surface area (Å²) in [5, 5.41) is 4.36. The number of morpholine rings is 1. The van der Waals surface area contributed by atoms with Crippen LogP contribution in [0.15, 0.2) is 18.2 Å². The van der Waals surface area contributed by atoms with Crippen LogP contribution in [0.5, 0.6) is 0 Å². The predicted molar refractivity (Wildman–Crippen MR) is 102 cm³/mol. The quantitative estimate of drug-likeness (QED) is 0.807. The van der Waals surface area contributed by atoms with E-state index in [1.54, 1.807) is 0 Å². The van der Waals surface area contributed by atoms with Crippen molar-refractivity contribution < 1.29 is 4.74 Å². The first-order chi connectivity index (χ1) is 10.8. The Morgan fingerprint density at radius 1 is 1.09 bits per heavy atom. The van der Waals surface area contributed by atoms with Crippen LogP contribution in [0.4, 0.5) is 5.69 Å². The molecular formula is C19H30N2OS. The molecule has 1 aromatic carbocycles. The summed E-state index contributed by atoms with van der Waals surface area (Å²) in [6.07, 6.45) is 0.423. The van der Waals surface area contributed by atoms with Crippen molar-refractivity contribution in [1.29, 1.82) is 0 Å². The molecule has 0 radical (unpaired) electrons. The molecule has 2 rings (SSSR count). The number of nitrogens with zero attached hydrogens (tertiary/aromatic N) is 1. The lowest BCUT2D eigenvalue weighted by molar-refractivity contribution is -0.0473. The second-order valence-electron chi connectivity index (χ2n) is 7.21. The molecule has 1 aliphatic heterocycles. The number of nitrogens with one attached hydrogen (secondary N) is 1. The largest absolute Gasteiger partial charge is 0.372 e. The smallest absolute Gasteiger partial charge is 0.173 e. The van der Waals surface area contributed by atoms with Gasteiger partial charge in [-0.1, -0.05) is 45.9 Å². The Morgan fingerprint density at radius 2 is 1.57 bits per heavy atom. The zero-order valence-electron chi connectivity index (χ0n) is 15.2. The van der Waals surface area contributed by atoms with Gasteiger partial charge >= 0.3 is 0 Å². The van der Waals surface area contributed by atoms with E-state index in [4.69, 9.17) is 17.0 Å². The lowest BCUT2D eigenvalue weighted by Gasteiger charge is -2.37. The number of benzene rings is 1. The van der Waals surface area contributed by atoms with E-state index in [2.05, 4.69) is 70.0 Å². The van der Waals surface area contributed by atoms with Gasteiger partial charge in [0, 0.05) is 18.8 Å². The van der Waals surface area contributed by atoms with Crippen LogP contribution in [0.2, 0.25) is 0 Å². The average molecular weight is 335 g/mol. The van der Waals surface area contributed by atoms with Crippen LogP contribution in [0.25, 0.3) is 0 Å². The molecule has 1 fully saturated rings. The molecule has 23 heavy (non-hydrogen) atoms. The Labute approximate surface area is 146 Å². The number of anilines is 1. The summed E-state index contributed by atoms with van der Waals surface area (Å²) < 4.78 is 5.81. The van der Waals surface area contributed by atoms with E-state index >= 15 is 0 Å². The van der Waals surface area contributed by atoms with Gasteiger partial charge in [-0.05, 0) is 49.0 Å². The number of thiocarbonyl (C=S) groups is 1. The first-order valence-electron chi connectivity index (χ1n) is 8.63. The van der Waals surface area contributed by atoms with Crippen molar-refractivity contribution in [3.05, 3.63) is 29.3 Å². The lowest BCUT2D eigenvalue weighted by atomic mass is 9.93. The number of rotatable bonds is 3. The molecule has 128 valence electrons. The Kier molecular flexibility index (Phi) is 6.04. The van der Waals surface area contributed by atoms with Crippen molar-refractivity contribution >= 4 is 23.0 Å². The van der Waals surface area contributed by atoms with Crippen molar-refractivity contribution in [3.63, 3.8) is 0 Å². The summed E-state index contributed by atoms with van der Waals surface area (Å²) in [6, 6.07) is 6.55. The molecule has 0 spiro atoms. The molecule has 0 saturated carbocycles. The van der Waals surface area contributed by atoms with Gasteiger partial charge < -0.3 is 15.0 Å². The van der Waals surface area contributed by atoms with E-state index < -0.39 is 0 Å². The van der Waals surface area contributed by atoms with Crippen LogP contribution in [0, 0.1) is 0 Å². The first kappa shape index (κ1) is 18.2. The van der Waals surface area contributed by atoms with Crippen molar-refractivity contribution in [2.75, 3.05) is 18.4 Å². The van der Waals surface area contributed by atoms with Crippen molar-refractivity contribution in [3.8, 4) is 0 Å². The minimum atomic E-state index is 0.211. The third-order valence-corrected chi connectivity index (χ3v) is 4.67. The van der Waals surface area contributed by atoms with Gasteiger partial charge in [-0.25, -0.2) is 0 Å². The van der Waals surface area contributed by atoms with Gasteiger partial charge in [-0.2, -0.15) is 0 Å². The van der Waals surface area contributed by atoms with E-state index in [1.807, 2.05) is 0 Å². The Hall–Kier alpha value is -1.13. The Bertz CT molecular complexity index is 520.